The highest BCUT2D eigenvalue weighted by atomic mass is 14.1. The molecule has 36 heavy (non-hydrogen) atoms. The first-order chi connectivity index (χ1) is 17.1. The number of hydrogen-bond donors (Lipinski definition) is 0. The molecule has 0 saturated heterocycles. The Morgan fingerprint density at radius 3 is 2.11 bits per heavy atom. The van der Waals surface area contributed by atoms with Gasteiger partial charge in [-0.3, -0.25) is 0 Å². The molecule has 0 aromatic heterocycles. The van der Waals surface area contributed by atoms with Crippen LogP contribution in [0.2, 0.25) is 0 Å². The third-order valence-corrected chi connectivity index (χ3v) is 6.46. The van der Waals surface area contributed by atoms with E-state index in [1.807, 2.05) is 13.0 Å². The lowest BCUT2D eigenvalue weighted by Gasteiger charge is -2.10. The van der Waals surface area contributed by atoms with Gasteiger partial charge in [0.2, 0.25) is 0 Å². The molecule has 0 aliphatic carbocycles. The molecule has 0 aliphatic rings. The van der Waals surface area contributed by atoms with Crippen LogP contribution in [0.15, 0.2) is 90.6 Å². The number of rotatable bonds is 10. The highest BCUT2D eigenvalue weighted by molar-refractivity contribution is 5.58. The molecule has 1 rings (SSSR count). The van der Waals surface area contributed by atoms with Gasteiger partial charge in [-0.2, -0.15) is 0 Å². The number of hydrogen-bond acceptors (Lipinski definition) is 0. The summed E-state index contributed by atoms with van der Waals surface area (Å²) in [6.07, 6.45) is 16.1. The van der Waals surface area contributed by atoms with Gasteiger partial charge < -0.3 is 0 Å². The van der Waals surface area contributed by atoms with E-state index in [0.29, 0.717) is 11.8 Å². The van der Waals surface area contributed by atoms with Crippen LogP contribution in [0, 0.1) is 5.92 Å². The Balaban J connectivity index is 4.17. The minimum absolute atomic E-state index is 0.405. The average Bonchev–Trinajstić information content (AvgIpc) is 2.82. The second-order valence-electron chi connectivity index (χ2n) is 10.3. The van der Waals surface area contributed by atoms with Crippen molar-refractivity contribution in [3.8, 4) is 0 Å². The van der Waals surface area contributed by atoms with Crippen molar-refractivity contribution >= 4 is 11.6 Å². The molecule has 194 valence electrons. The van der Waals surface area contributed by atoms with Crippen molar-refractivity contribution in [2.45, 2.75) is 87.5 Å². The van der Waals surface area contributed by atoms with Crippen LogP contribution in [0.1, 0.15) is 91.3 Å². The van der Waals surface area contributed by atoms with Gasteiger partial charge in [0.05, 0.1) is 0 Å². The van der Waals surface area contributed by atoms with Gasteiger partial charge in [-0.15, -0.1) is 0 Å². The number of allylic oxidation sites excluding steroid dienone is 8. The van der Waals surface area contributed by atoms with Gasteiger partial charge in [0.15, 0.2) is 0 Å². The molecule has 1 aromatic carbocycles. The van der Waals surface area contributed by atoms with Crippen molar-refractivity contribution in [3.05, 3.63) is 118 Å². The van der Waals surface area contributed by atoms with Crippen molar-refractivity contribution in [2.75, 3.05) is 0 Å². The Morgan fingerprint density at radius 2 is 1.61 bits per heavy atom. The Kier molecular flexibility index (Phi) is 13.9. The van der Waals surface area contributed by atoms with Crippen molar-refractivity contribution < 1.29 is 0 Å². The van der Waals surface area contributed by atoms with E-state index in [2.05, 4.69) is 129 Å². The van der Waals surface area contributed by atoms with E-state index in [4.69, 9.17) is 0 Å². The van der Waals surface area contributed by atoms with E-state index in [0.717, 1.165) is 24.8 Å². The van der Waals surface area contributed by atoms with E-state index >= 15 is 0 Å². The van der Waals surface area contributed by atoms with Crippen LogP contribution < -0.4 is 10.4 Å². The minimum atomic E-state index is 0.405. The minimum Gasteiger partial charge on any atom is -0.0988 e. The Labute approximate surface area is 222 Å². The van der Waals surface area contributed by atoms with E-state index in [-0.39, 0.29) is 0 Å². The van der Waals surface area contributed by atoms with Crippen LogP contribution in [0.4, 0.5) is 0 Å². The summed E-state index contributed by atoms with van der Waals surface area (Å²) in [4.78, 5) is 0. The standard InChI is InChI=1S/C36H50/c1-12-29(11)24-31(23-26(5)6)17-16-18-33-21-22-35(34(15-4)27(7)8)32(14-3)20-19-30(13-2)25-36(33)28(9)10/h15-25,27-28H,4-5,12-14H2,1-3,6-11H3/b17-16+,22-21?,29-24?,30-19?,31-23-,32-20?,33-18+,35-34+,36-25?. The maximum absolute atomic E-state index is 4.15. The smallest absolute Gasteiger partial charge is 0.0190 e. The first-order valence-electron chi connectivity index (χ1n) is 13.7. The van der Waals surface area contributed by atoms with Gasteiger partial charge >= 0.3 is 0 Å². The van der Waals surface area contributed by atoms with E-state index in [1.54, 1.807) is 0 Å². The summed E-state index contributed by atoms with van der Waals surface area (Å²) in [6.45, 7) is 28.2. The summed E-state index contributed by atoms with van der Waals surface area (Å²) in [5.41, 5.74) is 8.94. The molecule has 0 unspecified atom stereocenters. The molecule has 0 atom stereocenters. The second kappa shape index (κ2) is 16.0. The van der Waals surface area contributed by atoms with Gasteiger partial charge in [0, 0.05) is 0 Å². The zero-order chi connectivity index (χ0) is 27.3. The molecule has 1 aromatic rings. The van der Waals surface area contributed by atoms with Crippen molar-refractivity contribution in [1.82, 2.24) is 0 Å². The largest absolute Gasteiger partial charge is 0.0988 e. The quantitative estimate of drug-likeness (QED) is 0.291. The topological polar surface area (TPSA) is 0 Å². The second-order valence-corrected chi connectivity index (χ2v) is 10.3. The van der Waals surface area contributed by atoms with Gasteiger partial charge in [-0.05, 0) is 83.2 Å². The van der Waals surface area contributed by atoms with Crippen LogP contribution in [-0.4, -0.2) is 0 Å². The monoisotopic (exact) mass is 482 g/mol. The number of aryl methyl sites for hydroxylation is 2. The average molecular weight is 483 g/mol. The fourth-order valence-electron chi connectivity index (χ4n) is 4.20. The lowest BCUT2D eigenvalue weighted by Crippen LogP contribution is -2.15. The molecule has 0 aliphatic heterocycles. The molecular formula is C36H50. The Morgan fingerprint density at radius 1 is 0.917 bits per heavy atom. The highest BCUT2D eigenvalue weighted by Crippen LogP contribution is 2.14. The van der Waals surface area contributed by atoms with E-state index in [1.165, 1.54) is 43.8 Å². The molecule has 0 saturated carbocycles. The summed E-state index contributed by atoms with van der Waals surface area (Å²) < 4.78 is 0. The molecule has 0 amide bonds. The lowest BCUT2D eigenvalue weighted by molar-refractivity contribution is 0.852. The molecular weight excluding hydrogens is 432 g/mol. The van der Waals surface area contributed by atoms with Gasteiger partial charge in [0.25, 0.3) is 0 Å². The van der Waals surface area contributed by atoms with Gasteiger partial charge in [0.1, 0.15) is 0 Å². The lowest BCUT2D eigenvalue weighted by atomic mass is 9.95. The highest BCUT2D eigenvalue weighted by Gasteiger charge is 2.04. The van der Waals surface area contributed by atoms with Gasteiger partial charge in [-0.1, -0.05) is 140 Å². The molecule has 0 spiro atoms. The normalized spacial score (nSPS) is 13.9. The summed E-state index contributed by atoms with van der Waals surface area (Å²) in [5.74, 6) is 0.813. The first kappa shape index (κ1) is 31.2. The molecule has 0 radical (unpaired) electrons. The van der Waals surface area contributed by atoms with Crippen LogP contribution in [-0.2, 0) is 12.8 Å². The van der Waals surface area contributed by atoms with E-state index < -0.39 is 0 Å². The molecule has 0 heteroatoms. The Bertz CT molecular complexity index is 1170. The van der Waals surface area contributed by atoms with Crippen molar-refractivity contribution in [2.24, 2.45) is 5.92 Å². The first-order valence-corrected chi connectivity index (χ1v) is 13.7. The predicted molar refractivity (Wildman–Crippen MR) is 165 cm³/mol. The van der Waals surface area contributed by atoms with Crippen LogP contribution >= 0.6 is 0 Å². The molecule has 0 heterocycles. The van der Waals surface area contributed by atoms with E-state index in [9.17, 15) is 0 Å². The molecule has 0 nitrogen and oxygen atoms in total. The molecule has 0 bridgehead atoms. The summed E-state index contributed by atoms with van der Waals surface area (Å²) in [6, 6.07) is 11.6. The fraction of sp³-hybridized carbons (Fsp3) is 0.389. The molecule has 0 N–H and O–H groups in total. The Hall–Kier alpha value is -2.86. The maximum Gasteiger partial charge on any atom is -0.0190 e. The SMILES string of the molecule is C=C/C(=c1/cc\c(=C/C=C/C(C=C(C)CC)=C/C(=C)C)c(C(C)C)cc(CC)ccc1CC)C(C)C. The van der Waals surface area contributed by atoms with Crippen LogP contribution in [0.3, 0.4) is 0 Å². The summed E-state index contributed by atoms with van der Waals surface area (Å²) in [5, 5.41) is 2.53. The third kappa shape index (κ3) is 10.0. The van der Waals surface area contributed by atoms with Gasteiger partial charge in [-0.25, -0.2) is 0 Å². The fourth-order valence-corrected chi connectivity index (χ4v) is 4.20. The molecule has 0 fully saturated rings. The van der Waals surface area contributed by atoms with Crippen molar-refractivity contribution in [3.63, 3.8) is 0 Å². The zero-order valence-electron chi connectivity index (χ0n) is 24.5. The van der Waals surface area contributed by atoms with Crippen LogP contribution in [0.5, 0.6) is 0 Å². The third-order valence-electron chi connectivity index (χ3n) is 6.46. The zero-order valence-corrected chi connectivity index (χ0v) is 24.5. The van der Waals surface area contributed by atoms with Crippen LogP contribution in [0.25, 0.3) is 11.6 Å². The summed E-state index contributed by atoms with van der Waals surface area (Å²) >= 11 is 0. The summed E-state index contributed by atoms with van der Waals surface area (Å²) in [7, 11) is 0. The maximum atomic E-state index is 4.15. The predicted octanol–water partition coefficient (Wildman–Crippen LogP) is 9.25. The van der Waals surface area contributed by atoms with Crippen molar-refractivity contribution in [1.29, 1.82) is 0 Å².